The van der Waals surface area contributed by atoms with E-state index in [0.717, 1.165) is 44.3 Å². The van der Waals surface area contributed by atoms with Gasteiger partial charge in [0.05, 0.1) is 6.04 Å². The van der Waals surface area contributed by atoms with E-state index in [1.54, 1.807) is 0 Å². The summed E-state index contributed by atoms with van der Waals surface area (Å²) in [4.78, 5) is 14.7. The van der Waals surface area contributed by atoms with Crippen LogP contribution >= 0.6 is 0 Å². The summed E-state index contributed by atoms with van der Waals surface area (Å²) in [6.45, 7) is 6.21. The van der Waals surface area contributed by atoms with Gasteiger partial charge in [-0.1, -0.05) is 13.3 Å². The molecule has 1 N–H and O–H groups in total. The van der Waals surface area contributed by atoms with Crippen molar-refractivity contribution in [2.45, 2.75) is 45.6 Å². The maximum Gasteiger partial charge on any atom is 0.179 e. The van der Waals surface area contributed by atoms with Gasteiger partial charge in [0.25, 0.3) is 0 Å². The number of rotatable bonds is 6. The average molecular weight is 274 g/mol. The zero-order chi connectivity index (χ0) is 14.5. The van der Waals surface area contributed by atoms with Crippen LogP contribution in [-0.4, -0.2) is 36.9 Å². The van der Waals surface area contributed by atoms with E-state index >= 15 is 0 Å². The molecule has 3 heteroatoms. The van der Waals surface area contributed by atoms with E-state index in [9.17, 15) is 4.79 Å². The summed E-state index contributed by atoms with van der Waals surface area (Å²) < 4.78 is 0. The lowest BCUT2D eigenvalue weighted by atomic mass is 9.97. The Bertz CT molecular complexity index is 470. The molecule has 1 aromatic rings. The lowest BCUT2D eigenvalue weighted by Crippen LogP contribution is -2.36. The largest absolute Gasteiger partial charge is 0.385 e. The summed E-state index contributed by atoms with van der Waals surface area (Å²) in [5.41, 5.74) is 3.33. The molecule has 2 rings (SSSR count). The number of nitrogens with one attached hydrogen (secondary N) is 1. The highest BCUT2D eigenvalue weighted by Crippen LogP contribution is 2.23. The Morgan fingerprint density at radius 2 is 2.25 bits per heavy atom. The Balaban J connectivity index is 2.08. The quantitative estimate of drug-likeness (QED) is 0.807. The first-order valence-corrected chi connectivity index (χ1v) is 7.74. The zero-order valence-electron chi connectivity index (χ0n) is 12.9. The van der Waals surface area contributed by atoms with Crippen molar-refractivity contribution < 1.29 is 4.79 Å². The predicted octanol–water partition coefficient (Wildman–Crippen LogP) is 3.35. The number of hydrogen-bond acceptors (Lipinski definition) is 3. The second-order valence-electron chi connectivity index (χ2n) is 5.78. The second kappa shape index (κ2) is 6.89. The number of anilines is 1. The van der Waals surface area contributed by atoms with E-state index in [0.29, 0.717) is 0 Å². The standard InChI is InChI=1S/C17H26N2O/c1-4-5-11-19(3)13(2)17(20)15-8-9-16-14(12-15)7-6-10-18-16/h8-9,12-13,18H,4-7,10-11H2,1-3H3. The average Bonchev–Trinajstić information content (AvgIpc) is 2.50. The van der Waals surface area contributed by atoms with Crippen molar-refractivity contribution >= 4 is 11.5 Å². The summed E-state index contributed by atoms with van der Waals surface area (Å²) in [6.07, 6.45) is 4.53. The summed E-state index contributed by atoms with van der Waals surface area (Å²) in [7, 11) is 2.04. The fourth-order valence-electron chi connectivity index (χ4n) is 2.67. The summed E-state index contributed by atoms with van der Waals surface area (Å²) in [5, 5.41) is 3.39. The molecule has 0 amide bonds. The number of ketones is 1. The molecule has 0 radical (unpaired) electrons. The normalized spacial score (nSPS) is 15.6. The van der Waals surface area contributed by atoms with Crippen LogP contribution in [0.25, 0.3) is 0 Å². The van der Waals surface area contributed by atoms with Crippen LogP contribution in [0.15, 0.2) is 18.2 Å². The Labute approximate surface area is 122 Å². The molecule has 3 nitrogen and oxygen atoms in total. The number of likely N-dealkylation sites (N-methyl/N-ethyl adjacent to an activating group) is 1. The Hall–Kier alpha value is -1.35. The van der Waals surface area contributed by atoms with E-state index in [4.69, 9.17) is 0 Å². The number of hydrogen-bond donors (Lipinski definition) is 1. The number of nitrogens with zero attached hydrogens (tertiary/aromatic N) is 1. The van der Waals surface area contributed by atoms with Gasteiger partial charge in [-0.2, -0.15) is 0 Å². The Morgan fingerprint density at radius 1 is 1.45 bits per heavy atom. The third-order valence-corrected chi connectivity index (χ3v) is 4.23. The molecule has 0 saturated heterocycles. The zero-order valence-corrected chi connectivity index (χ0v) is 12.9. The third kappa shape index (κ3) is 3.40. The van der Waals surface area contributed by atoms with Gasteiger partial charge in [0.15, 0.2) is 5.78 Å². The molecule has 0 fully saturated rings. The first-order valence-electron chi connectivity index (χ1n) is 7.74. The fourth-order valence-corrected chi connectivity index (χ4v) is 2.67. The molecular weight excluding hydrogens is 248 g/mol. The third-order valence-electron chi connectivity index (χ3n) is 4.23. The van der Waals surface area contributed by atoms with E-state index < -0.39 is 0 Å². The van der Waals surface area contributed by atoms with Gasteiger partial charge >= 0.3 is 0 Å². The SMILES string of the molecule is CCCCN(C)C(C)C(=O)c1ccc2c(c1)CCCN2. The van der Waals surface area contributed by atoms with Gasteiger partial charge in [0, 0.05) is 17.8 Å². The lowest BCUT2D eigenvalue weighted by Gasteiger charge is -2.24. The highest BCUT2D eigenvalue weighted by Gasteiger charge is 2.20. The van der Waals surface area contributed by atoms with Crippen molar-refractivity contribution in [3.8, 4) is 0 Å². The first kappa shape index (κ1) is 15.0. The Kier molecular flexibility index (Phi) is 5.18. The molecule has 0 aliphatic carbocycles. The molecule has 0 spiro atoms. The van der Waals surface area contributed by atoms with Crippen LogP contribution in [0.2, 0.25) is 0 Å². The predicted molar refractivity (Wildman–Crippen MR) is 84.6 cm³/mol. The molecule has 0 bridgehead atoms. The topological polar surface area (TPSA) is 32.3 Å². The fraction of sp³-hybridized carbons (Fsp3) is 0.588. The van der Waals surface area contributed by atoms with Crippen molar-refractivity contribution in [1.82, 2.24) is 4.90 Å². The van der Waals surface area contributed by atoms with Gasteiger partial charge in [0.1, 0.15) is 0 Å². The monoisotopic (exact) mass is 274 g/mol. The van der Waals surface area contributed by atoms with Crippen molar-refractivity contribution in [2.24, 2.45) is 0 Å². The number of benzene rings is 1. The van der Waals surface area contributed by atoms with E-state index in [1.807, 2.05) is 20.0 Å². The number of unbranched alkanes of at least 4 members (excludes halogenated alkanes) is 1. The molecule has 0 aromatic heterocycles. The highest BCUT2D eigenvalue weighted by molar-refractivity contribution is 6.00. The number of Topliss-reactive ketones (excluding diaryl/α,β-unsaturated/α-hetero) is 1. The summed E-state index contributed by atoms with van der Waals surface area (Å²) in [5.74, 6) is 0.233. The van der Waals surface area contributed by atoms with Gasteiger partial charge in [-0.15, -0.1) is 0 Å². The molecule has 0 saturated carbocycles. The molecule has 1 aliphatic heterocycles. The van der Waals surface area contributed by atoms with Gasteiger partial charge in [-0.25, -0.2) is 0 Å². The maximum absolute atomic E-state index is 12.6. The summed E-state index contributed by atoms with van der Waals surface area (Å²) >= 11 is 0. The Morgan fingerprint density at radius 3 is 3.00 bits per heavy atom. The van der Waals surface area contributed by atoms with Crippen LogP contribution in [0.3, 0.4) is 0 Å². The van der Waals surface area contributed by atoms with Crippen molar-refractivity contribution in [2.75, 3.05) is 25.5 Å². The van der Waals surface area contributed by atoms with Gasteiger partial charge in [0.2, 0.25) is 0 Å². The van der Waals surface area contributed by atoms with Crippen LogP contribution in [0.5, 0.6) is 0 Å². The molecule has 110 valence electrons. The van der Waals surface area contributed by atoms with Crippen molar-refractivity contribution in [1.29, 1.82) is 0 Å². The minimum atomic E-state index is -0.0452. The highest BCUT2D eigenvalue weighted by atomic mass is 16.1. The first-order chi connectivity index (χ1) is 9.63. The van der Waals surface area contributed by atoms with Gasteiger partial charge in [-0.05, 0) is 63.5 Å². The molecule has 1 aliphatic rings. The molecule has 1 heterocycles. The number of aryl methyl sites for hydroxylation is 1. The van der Waals surface area contributed by atoms with Crippen molar-refractivity contribution in [3.63, 3.8) is 0 Å². The van der Waals surface area contributed by atoms with Crippen LogP contribution in [0.4, 0.5) is 5.69 Å². The van der Waals surface area contributed by atoms with Gasteiger partial charge < -0.3 is 5.32 Å². The molecular formula is C17H26N2O. The van der Waals surface area contributed by atoms with E-state index in [1.165, 1.54) is 11.3 Å². The molecule has 1 unspecified atom stereocenters. The minimum Gasteiger partial charge on any atom is -0.385 e. The number of fused-ring (bicyclic) bond motifs is 1. The maximum atomic E-state index is 12.6. The lowest BCUT2D eigenvalue weighted by molar-refractivity contribution is 0.0867. The second-order valence-corrected chi connectivity index (χ2v) is 5.78. The molecule has 1 atom stereocenters. The number of carbonyl (C=O) groups excluding carboxylic acids is 1. The summed E-state index contributed by atoms with van der Waals surface area (Å²) in [6, 6.07) is 6.05. The molecule has 1 aromatic carbocycles. The van der Waals surface area contributed by atoms with Gasteiger partial charge in [-0.3, -0.25) is 9.69 Å². The van der Waals surface area contributed by atoms with Crippen LogP contribution in [-0.2, 0) is 6.42 Å². The molecule has 20 heavy (non-hydrogen) atoms. The minimum absolute atomic E-state index is 0.0452. The van der Waals surface area contributed by atoms with Crippen LogP contribution < -0.4 is 5.32 Å². The van der Waals surface area contributed by atoms with E-state index in [-0.39, 0.29) is 11.8 Å². The smallest absolute Gasteiger partial charge is 0.179 e. The van der Waals surface area contributed by atoms with Crippen molar-refractivity contribution in [3.05, 3.63) is 29.3 Å². The van der Waals surface area contributed by atoms with E-state index in [2.05, 4.69) is 29.3 Å². The van der Waals surface area contributed by atoms with Crippen LogP contribution in [0, 0.1) is 0 Å². The number of carbonyl (C=O) groups is 1. The van der Waals surface area contributed by atoms with Crippen LogP contribution in [0.1, 0.15) is 49.0 Å².